The number of carbonyl (C=O) groups excluding carboxylic acids is 1. The first-order valence-corrected chi connectivity index (χ1v) is 9.28. The van der Waals surface area contributed by atoms with Crippen LogP contribution in [0, 0.1) is 10.1 Å². The Balaban J connectivity index is 1.47. The summed E-state index contributed by atoms with van der Waals surface area (Å²) in [6, 6.07) is 17.9. The van der Waals surface area contributed by atoms with Gasteiger partial charge in [-0.1, -0.05) is 42.5 Å². The number of para-hydroxylation sites is 1. The van der Waals surface area contributed by atoms with E-state index in [0.29, 0.717) is 26.2 Å². The average molecular weight is 389 g/mol. The van der Waals surface area contributed by atoms with Crippen LogP contribution in [-0.4, -0.2) is 51.9 Å². The second-order valence-corrected chi connectivity index (χ2v) is 6.68. The maximum Gasteiger partial charge on any atom is 0.282 e. The Morgan fingerprint density at radius 2 is 1.62 bits per heavy atom. The molecule has 2 aromatic carbocycles. The van der Waals surface area contributed by atoms with Gasteiger partial charge in [-0.3, -0.25) is 14.9 Å². The van der Waals surface area contributed by atoms with Crippen molar-refractivity contribution in [3.05, 3.63) is 82.7 Å². The van der Waals surface area contributed by atoms with E-state index in [9.17, 15) is 14.9 Å². The number of amides is 1. The van der Waals surface area contributed by atoms with Gasteiger partial charge in [-0.2, -0.15) is 0 Å². The third-order valence-electron chi connectivity index (χ3n) is 4.94. The van der Waals surface area contributed by atoms with Crippen molar-refractivity contribution in [1.82, 2.24) is 14.9 Å². The lowest BCUT2D eigenvalue weighted by atomic mass is 10.1. The van der Waals surface area contributed by atoms with E-state index in [-0.39, 0.29) is 17.2 Å². The van der Waals surface area contributed by atoms with Crippen LogP contribution in [0.5, 0.6) is 0 Å². The molecular weight excluding hydrogens is 370 g/mol. The molecule has 0 bridgehead atoms. The number of hydrogen-bond acceptors (Lipinski definition) is 6. The molecule has 8 heteroatoms. The van der Waals surface area contributed by atoms with E-state index >= 15 is 0 Å². The third-order valence-corrected chi connectivity index (χ3v) is 4.94. The molecule has 3 aromatic rings. The van der Waals surface area contributed by atoms with Gasteiger partial charge in [-0.05, 0) is 6.07 Å². The van der Waals surface area contributed by atoms with Crippen molar-refractivity contribution in [2.45, 2.75) is 0 Å². The maximum atomic E-state index is 12.8. The molecule has 1 aliphatic heterocycles. The molecule has 0 radical (unpaired) electrons. The molecule has 0 aliphatic carbocycles. The molecule has 1 aromatic heterocycles. The molecule has 1 saturated heterocycles. The van der Waals surface area contributed by atoms with Crippen LogP contribution in [0.2, 0.25) is 0 Å². The summed E-state index contributed by atoms with van der Waals surface area (Å²) in [5.41, 5.74) is 1.82. The lowest BCUT2D eigenvalue weighted by Crippen LogP contribution is -2.49. The zero-order valence-electron chi connectivity index (χ0n) is 15.6. The van der Waals surface area contributed by atoms with Gasteiger partial charge in [0.25, 0.3) is 11.6 Å². The fourth-order valence-electron chi connectivity index (χ4n) is 3.41. The average Bonchev–Trinajstić information content (AvgIpc) is 2.79. The molecule has 0 unspecified atom stereocenters. The number of aromatic nitrogens is 2. The Kier molecular flexibility index (Phi) is 5.15. The van der Waals surface area contributed by atoms with Gasteiger partial charge in [-0.25, -0.2) is 9.97 Å². The van der Waals surface area contributed by atoms with E-state index in [4.69, 9.17) is 0 Å². The summed E-state index contributed by atoms with van der Waals surface area (Å²) in [6.07, 6.45) is 1.54. The molecule has 0 atom stereocenters. The van der Waals surface area contributed by atoms with Crippen LogP contribution in [0.15, 0.2) is 67.0 Å². The van der Waals surface area contributed by atoms with Crippen molar-refractivity contribution < 1.29 is 9.72 Å². The predicted molar refractivity (Wildman–Crippen MR) is 109 cm³/mol. The first-order chi connectivity index (χ1) is 14.1. The minimum absolute atomic E-state index is 0.124. The largest absolute Gasteiger partial charge is 0.353 e. The van der Waals surface area contributed by atoms with Crippen LogP contribution in [0.3, 0.4) is 0 Å². The van der Waals surface area contributed by atoms with Gasteiger partial charge in [0.05, 0.1) is 10.6 Å². The topological polar surface area (TPSA) is 92.5 Å². The lowest BCUT2D eigenvalue weighted by Gasteiger charge is -2.35. The summed E-state index contributed by atoms with van der Waals surface area (Å²) >= 11 is 0. The molecule has 0 saturated carbocycles. The van der Waals surface area contributed by atoms with E-state index in [2.05, 4.69) is 14.9 Å². The summed E-state index contributed by atoms with van der Waals surface area (Å²) in [5, 5.41) is 11.2. The first-order valence-electron chi connectivity index (χ1n) is 9.28. The minimum atomic E-state index is -0.518. The predicted octanol–water partition coefficient (Wildman–Crippen LogP) is 3.01. The van der Waals surface area contributed by atoms with Crippen LogP contribution < -0.4 is 4.90 Å². The number of hydrogen-bond donors (Lipinski definition) is 0. The van der Waals surface area contributed by atoms with Crippen molar-refractivity contribution in [2.24, 2.45) is 0 Å². The molecule has 2 heterocycles. The normalized spacial score (nSPS) is 13.9. The smallest absolute Gasteiger partial charge is 0.282 e. The Labute approximate surface area is 167 Å². The summed E-state index contributed by atoms with van der Waals surface area (Å²) in [5.74, 6) is 0.487. The number of carbonyl (C=O) groups is 1. The Morgan fingerprint density at radius 3 is 2.34 bits per heavy atom. The van der Waals surface area contributed by atoms with Crippen molar-refractivity contribution in [3.63, 3.8) is 0 Å². The first kappa shape index (κ1) is 18.5. The molecule has 1 amide bonds. The number of nitrogens with zero attached hydrogens (tertiary/aromatic N) is 5. The highest BCUT2D eigenvalue weighted by Gasteiger charge is 2.27. The number of benzene rings is 2. The molecule has 0 N–H and O–H groups in total. The van der Waals surface area contributed by atoms with Crippen LogP contribution >= 0.6 is 0 Å². The highest BCUT2D eigenvalue weighted by Crippen LogP contribution is 2.23. The second-order valence-electron chi connectivity index (χ2n) is 6.68. The molecular formula is C21H19N5O3. The molecule has 0 spiro atoms. The number of nitro groups is 1. The fourth-order valence-corrected chi connectivity index (χ4v) is 3.41. The third kappa shape index (κ3) is 3.91. The van der Waals surface area contributed by atoms with Crippen molar-refractivity contribution in [2.75, 3.05) is 31.1 Å². The SMILES string of the molecule is O=C(c1ccccc1[N+](=O)[O-])N1CCN(c2cc(-c3ccccc3)ncn2)CC1. The summed E-state index contributed by atoms with van der Waals surface area (Å²) in [4.78, 5) is 35.9. The van der Waals surface area contributed by atoms with E-state index in [0.717, 1.165) is 17.1 Å². The van der Waals surface area contributed by atoms with Gasteiger partial charge in [0.2, 0.25) is 0 Å². The van der Waals surface area contributed by atoms with Crippen LogP contribution in [-0.2, 0) is 0 Å². The molecule has 4 rings (SSSR count). The van der Waals surface area contributed by atoms with Gasteiger partial charge in [0, 0.05) is 43.9 Å². The maximum absolute atomic E-state index is 12.8. The lowest BCUT2D eigenvalue weighted by molar-refractivity contribution is -0.385. The van der Waals surface area contributed by atoms with E-state index in [1.54, 1.807) is 23.4 Å². The summed E-state index contributed by atoms with van der Waals surface area (Å²) in [7, 11) is 0. The van der Waals surface area contributed by atoms with Gasteiger partial charge in [-0.15, -0.1) is 0 Å². The highest BCUT2D eigenvalue weighted by molar-refractivity contribution is 5.98. The van der Waals surface area contributed by atoms with Crippen molar-refractivity contribution in [3.8, 4) is 11.3 Å². The van der Waals surface area contributed by atoms with Crippen molar-refractivity contribution in [1.29, 1.82) is 0 Å². The monoisotopic (exact) mass is 389 g/mol. The van der Waals surface area contributed by atoms with Crippen LogP contribution in [0.25, 0.3) is 11.3 Å². The zero-order valence-corrected chi connectivity index (χ0v) is 15.6. The highest BCUT2D eigenvalue weighted by atomic mass is 16.6. The van der Waals surface area contributed by atoms with Gasteiger partial charge >= 0.3 is 0 Å². The number of nitro benzene ring substituents is 1. The van der Waals surface area contributed by atoms with Gasteiger partial charge < -0.3 is 9.80 Å². The quantitative estimate of drug-likeness (QED) is 0.503. The Bertz CT molecular complexity index is 1030. The fraction of sp³-hybridized carbons (Fsp3) is 0.190. The summed E-state index contributed by atoms with van der Waals surface area (Å²) < 4.78 is 0. The molecule has 8 nitrogen and oxygen atoms in total. The second kappa shape index (κ2) is 8.05. The molecule has 146 valence electrons. The summed E-state index contributed by atoms with van der Waals surface area (Å²) in [6.45, 7) is 2.13. The van der Waals surface area contributed by atoms with Gasteiger partial charge in [0.15, 0.2) is 0 Å². The molecule has 1 fully saturated rings. The number of anilines is 1. The zero-order chi connectivity index (χ0) is 20.2. The minimum Gasteiger partial charge on any atom is -0.353 e. The van der Waals surface area contributed by atoms with Crippen LogP contribution in [0.1, 0.15) is 10.4 Å². The van der Waals surface area contributed by atoms with E-state index < -0.39 is 4.92 Å². The van der Waals surface area contributed by atoms with E-state index in [1.807, 2.05) is 36.4 Å². The molecule has 29 heavy (non-hydrogen) atoms. The standard InChI is InChI=1S/C21H19N5O3/c27-21(17-8-4-5-9-19(17)26(28)29)25-12-10-24(11-13-25)20-14-18(22-15-23-20)16-6-2-1-3-7-16/h1-9,14-15H,10-13H2. The van der Waals surface area contributed by atoms with Crippen LogP contribution in [0.4, 0.5) is 11.5 Å². The molecule has 1 aliphatic rings. The Morgan fingerprint density at radius 1 is 0.931 bits per heavy atom. The van der Waals surface area contributed by atoms with E-state index in [1.165, 1.54) is 12.1 Å². The van der Waals surface area contributed by atoms with Crippen molar-refractivity contribution >= 4 is 17.4 Å². The van der Waals surface area contributed by atoms with Gasteiger partial charge in [0.1, 0.15) is 17.7 Å². The number of piperazine rings is 1. The number of rotatable bonds is 4. The Hall–Kier alpha value is -3.81.